The summed E-state index contributed by atoms with van der Waals surface area (Å²) in [5.41, 5.74) is 3.90. The van der Waals surface area contributed by atoms with Crippen LogP contribution in [0.2, 0.25) is 0 Å². The van der Waals surface area contributed by atoms with Crippen LogP contribution in [0.5, 0.6) is 11.5 Å². The molecule has 7 nitrogen and oxygen atoms in total. The van der Waals surface area contributed by atoms with E-state index < -0.39 is 0 Å². The Balaban J connectivity index is 1.40. The van der Waals surface area contributed by atoms with Crippen LogP contribution in [-0.2, 0) is 6.61 Å². The molecule has 0 amide bonds. The maximum atomic E-state index is 13.6. The Morgan fingerprint density at radius 1 is 0.976 bits per heavy atom. The quantitative estimate of drug-likeness (QED) is 0.165. The predicted molar refractivity (Wildman–Crippen MR) is 165 cm³/mol. The molecule has 204 valence electrons. The Kier molecular flexibility index (Phi) is 7.39. The lowest BCUT2D eigenvalue weighted by Crippen LogP contribution is -2.20. The Morgan fingerprint density at radius 2 is 1.80 bits per heavy atom. The van der Waals surface area contributed by atoms with E-state index in [1.54, 1.807) is 24.4 Å². The summed E-state index contributed by atoms with van der Waals surface area (Å²) in [5, 5.41) is 5.96. The van der Waals surface area contributed by atoms with Gasteiger partial charge in [-0.15, -0.1) is 0 Å². The van der Waals surface area contributed by atoms with E-state index in [9.17, 15) is 4.79 Å². The maximum Gasteiger partial charge on any atom is 0.282 e. The van der Waals surface area contributed by atoms with E-state index in [0.29, 0.717) is 62.8 Å². The molecule has 8 heteroatoms. The third kappa shape index (κ3) is 5.51. The fourth-order valence-electron chi connectivity index (χ4n) is 4.63. The first-order valence-electron chi connectivity index (χ1n) is 13.2. The van der Waals surface area contributed by atoms with Crippen LogP contribution < -0.4 is 15.0 Å². The largest absolute Gasteiger partial charge is 0.490 e. The molecule has 0 N–H and O–H groups in total. The Bertz CT molecular complexity index is 1940. The lowest BCUT2D eigenvalue weighted by Gasteiger charge is -2.15. The summed E-state index contributed by atoms with van der Waals surface area (Å²) in [6, 6.07) is 28.6. The van der Waals surface area contributed by atoms with Crippen LogP contribution in [0.3, 0.4) is 0 Å². The topological polar surface area (TPSA) is 78.9 Å². The van der Waals surface area contributed by atoms with Crippen LogP contribution in [-0.4, -0.2) is 22.5 Å². The molecule has 0 atom stereocenters. The first-order chi connectivity index (χ1) is 20.0. The van der Waals surface area contributed by atoms with Gasteiger partial charge in [-0.25, -0.2) is 4.98 Å². The molecule has 0 saturated carbocycles. The minimum atomic E-state index is -0.301. The standard InChI is InChI=1S/C33H26BrN3O4/c1-3-39-29-17-23(16-26(34)31(29)40-20-22-10-8-9-21(2)15-22)19-35-37-32(30-18-24-11-4-7-14-28(24)41-30)36-27-13-6-5-12-25(27)33(37)38/h4-19H,3,20H2,1-2H3. The Labute approximate surface area is 244 Å². The van der Waals surface area contributed by atoms with Crippen molar-refractivity contribution in [3.63, 3.8) is 0 Å². The minimum Gasteiger partial charge on any atom is -0.490 e. The number of ether oxygens (including phenoxy) is 2. The zero-order valence-electron chi connectivity index (χ0n) is 22.5. The first-order valence-corrected chi connectivity index (χ1v) is 14.0. The van der Waals surface area contributed by atoms with Crippen molar-refractivity contribution in [2.24, 2.45) is 5.10 Å². The normalized spacial score (nSPS) is 11.5. The van der Waals surface area contributed by atoms with E-state index >= 15 is 0 Å². The molecule has 0 aliphatic heterocycles. The molecule has 0 spiro atoms. The van der Waals surface area contributed by atoms with Gasteiger partial charge in [-0.3, -0.25) is 4.79 Å². The van der Waals surface area contributed by atoms with Crippen molar-refractivity contribution in [3.8, 4) is 23.1 Å². The van der Waals surface area contributed by atoms with Gasteiger partial charge in [-0.2, -0.15) is 9.78 Å². The highest BCUT2D eigenvalue weighted by Gasteiger charge is 2.17. The number of nitrogens with zero attached hydrogens (tertiary/aromatic N) is 3. The molecule has 0 aliphatic rings. The monoisotopic (exact) mass is 607 g/mol. The Hall–Kier alpha value is -4.69. The van der Waals surface area contributed by atoms with Crippen molar-refractivity contribution in [1.82, 2.24) is 9.66 Å². The summed E-state index contributed by atoms with van der Waals surface area (Å²) in [4.78, 5) is 18.4. The van der Waals surface area contributed by atoms with E-state index in [2.05, 4.69) is 40.1 Å². The van der Waals surface area contributed by atoms with Crippen molar-refractivity contribution in [3.05, 3.63) is 123 Å². The number of aromatic nitrogens is 2. The van der Waals surface area contributed by atoms with Gasteiger partial charge in [0, 0.05) is 5.39 Å². The number of halogens is 1. The third-order valence-corrected chi connectivity index (χ3v) is 7.11. The molecule has 0 fully saturated rings. The second-order valence-corrected chi connectivity index (χ2v) is 10.4. The molecule has 0 bridgehead atoms. The fraction of sp³-hybridized carbons (Fsp3) is 0.121. The molecule has 0 aliphatic carbocycles. The predicted octanol–water partition coefficient (Wildman–Crippen LogP) is 7.74. The zero-order chi connectivity index (χ0) is 28.3. The van der Waals surface area contributed by atoms with Gasteiger partial charge >= 0.3 is 0 Å². The van der Waals surface area contributed by atoms with Crippen LogP contribution in [0, 0.1) is 6.92 Å². The number of benzene rings is 4. The van der Waals surface area contributed by atoms with E-state index in [1.165, 1.54) is 10.2 Å². The molecule has 6 aromatic rings. The molecular weight excluding hydrogens is 582 g/mol. The van der Waals surface area contributed by atoms with E-state index in [1.807, 2.05) is 67.6 Å². The molecule has 6 rings (SSSR count). The van der Waals surface area contributed by atoms with Crippen LogP contribution >= 0.6 is 15.9 Å². The van der Waals surface area contributed by atoms with Crippen molar-refractivity contribution in [2.75, 3.05) is 6.61 Å². The average molecular weight is 608 g/mol. The highest BCUT2D eigenvalue weighted by molar-refractivity contribution is 9.10. The summed E-state index contributed by atoms with van der Waals surface area (Å²) >= 11 is 3.64. The molecule has 0 saturated heterocycles. The highest BCUT2D eigenvalue weighted by Crippen LogP contribution is 2.37. The van der Waals surface area contributed by atoms with Crippen molar-refractivity contribution < 1.29 is 13.9 Å². The van der Waals surface area contributed by atoms with Gasteiger partial charge in [-0.1, -0.05) is 60.2 Å². The van der Waals surface area contributed by atoms with Gasteiger partial charge in [0.25, 0.3) is 5.56 Å². The van der Waals surface area contributed by atoms with Gasteiger partial charge < -0.3 is 13.9 Å². The lowest BCUT2D eigenvalue weighted by molar-refractivity contribution is 0.267. The van der Waals surface area contributed by atoms with Gasteiger partial charge in [0.15, 0.2) is 17.3 Å². The molecule has 41 heavy (non-hydrogen) atoms. The van der Waals surface area contributed by atoms with E-state index in [0.717, 1.165) is 10.9 Å². The molecule has 4 aromatic carbocycles. The summed E-state index contributed by atoms with van der Waals surface area (Å²) in [6.07, 6.45) is 1.60. The van der Waals surface area contributed by atoms with Crippen LogP contribution in [0.25, 0.3) is 33.5 Å². The fourth-order valence-corrected chi connectivity index (χ4v) is 5.20. The summed E-state index contributed by atoms with van der Waals surface area (Å²) in [7, 11) is 0. The number of para-hydroxylation sites is 2. The minimum absolute atomic E-state index is 0.301. The molecule has 2 heterocycles. The van der Waals surface area contributed by atoms with Gasteiger partial charge in [0.05, 0.1) is 28.2 Å². The molecule has 2 aromatic heterocycles. The van der Waals surface area contributed by atoms with Crippen LogP contribution in [0.15, 0.2) is 110 Å². The van der Waals surface area contributed by atoms with Crippen LogP contribution in [0.4, 0.5) is 0 Å². The Morgan fingerprint density at radius 3 is 2.63 bits per heavy atom. The van der Waals surface area contributed by atoms with Crippen LogP contribution in [0.1, 0.15) is 23.6 Å². The van der Waals surface area contributed by atoms with Crippen molar-refractivity contribution >= 4 is 44.0 Å². The maximum absolute atomic E-state index is 13.6. The molecule has 0 unspecified atom stereocenters. The average Bonchev–Trinajstić information content (AvgIpc) is 3.41. The first kappa shape index (κ1) is 26.5. The summed E-state index contributed by atoms with van der Waals surface area (Å²) < 4.78 is 20.1. The smallest absolute Gasteiger partial charge is 0.282 e. The van der Waals surface area contributed by atoms with E-state index in [-0.39, 0.29) is 5.56 Å². The zero-order valence-corrected chi connectivity index (χ0v) is 24.1. The van der Waals surface area contributed by atoms with Crippen molar-refractivity contribution in [2.45, 2.75) is 20.5 Å². The number of hydrogen-bond donors (Lipinski definition) is 0. The number of rotatable bonds is 8. The molecular formula is C33H26BrN3O4. The number of aryl methyl sites for hydroxylation is 1. The number of hydrogen-bond acceptors (Lipinski definition) is 6. The SMILES string of the molecule is CCOc1cc(C=Nn2c(-c3cc4ccccc4o3)nc3ccccc3c2=O)cc(Br)c1OCc1cccc(C)c1. The summed E-state index contributed by atoms with van der Waals surface area (Å²) in [5.74, 6) is 1.92. The number of fused-ring (bicyclic) bond motifs is 2. The lowest BCUT2D eigenvalue weighted by atomic mass is 10.1. The highest BCUT2D eigenvalue weighted by atomic mass is 79.9. The van der Waals surface area contributed by atoms with Gasteiger partial charge in [-0.05, 0) is 77.3 Å². The van der Waals surface area contributed by atoms with Crippen molar-refractivity contribution in [1.29, 1.82) is 0 Å². The van der Waals surface area contributed by atoms with E-state index in [4.69, 9.17) is 18.9 Å². The second-order valence-electron chi connectivity index (χ2n) is 9.50. The molecule has 0 radical (unpaired) electrons. The number of furan rings is 1. The van der Waals surface area contributed by atoms with Gasteiger partial charge in [0.1, 0.15) is 12.2 Å². The second kappa shape index (κ2) is 11.4. The third-order valence-electron chi connectivity index (χ3n) is 6.52. The van der Waals surface area contributed by atoms with Gasteiger partial charge in [0.2, 0.25) is 5.82 Å². The summed E-state index contributed by atoms with van der Waals surface area (Å²) in [6.45, 7) is 4.82.